The Bertz CT molecular complexity index is 970. The first kappa shape index (κ1) is 39.7. The van der Waals surface area contributed by atoms with Gasteiger partial charge in [-0.25, -0.2) is 0 Å². The van der Waals surface area contributed by atoms with Gasteiger partial charge in [0.05, 0.1) is 13.2 Å². The molecule has 0 bridgehead atoms. The van der Waals surface area contributed by atoms with E-state index in [1.807, 2.05) is 13.8 Å². The molecule has 0 aromatic carbocycles. The maximum absolute atomic E-state index is 12.8. The predicted molar refractivity (Wildman–Crippen MR) is 169 cm³/mol. The van der Waals surface area contributed by atoms with Crippen LogP contribution in [0.3, 0.4) is 0 Å². The van der Waals surface area contributed by atoms with E-state index < -0.39 is 93.9 Å². The molecule has 46 heavy (non-hydrogen) atoms. The summed E-state index contributed by atoms with van der Waals surface area (Å²) in [7, 11) is -2.45. The van der Waals surface area contributed by atoms with Gasteiger partial charge < -0.3 is 58.0 Å². The zero-order valence-corrected chi connectivity index (χ0v) is 30.4. The first-order valence-electron chi connectivity index (χ1n) is 16.7. The van der Waals surface area contributed by atoms with Crippen LogP contribution in [0.15, 0.2) is 0 Å². The molecule has 3 heterocycles. The van der Waals surface area contributed by atoms with Crippen LogP contribution >= 0.6 is 0 Å². The van der Waals surface area contributed by atoms with Crippen molar-refractivity contribution >= 4 is 14.3 Å². The molecule has 3 saturated heterocycles. The highest BCUT2D eigenvalue weighted by Gasteiger charge is 2.57. The summed E-state index contributed by atoms with van der Waals surface area (Å²) in [6.07, 6.45) is -7.93. The molecule has 13 nitrogen and oxygen atoms in total. The summed E-state index contributed by atoms with van der Waals surface area (Å²) in [4.78, 5) is 12.8. The zero-order valence-electron chi connectivity index (χ0n) is 29.4. The van der Waals surface area contributed by atoms with Gasteiger partial charge in [-0.15, -0.1) is 0 Å². The summed E-state index contributed by atoms with van der Waals surface area (Å²) in [6.45, 7) is 19.2. The number of esters is 1. The lowest BCUT2D eigenvalue weighted by atomic mass is 9.98. The highest BCUT2D eigenvalue weighted by molar-refractivity contribution is 6.74. The van der Waals surface area contributed by atoms with Crippen molar-refractivity contribution in [3.8, 4) is 0 Å². The molecule has 3 rings (SSSR count). The van der Waals surface area contributed by atoms with E-state index in [2.05, 4.69) is 40.8 Å². The van der Waals surface area contributed by atoms with E-state index in [4.69, 9.17) is 37.6 Å². The molecule has 1 unspecified atom stereocenters. The number of hydrogen-bond donors (Lipinski definition) is 4. The number of rotatable bonds is 15. The fraction of sp³-hybridized carbons (Fsp3) is 0.969. The van der Waals surface area contributed by atoms with E-state index in [0.29, 0.717) is 6.42 Å². The lowest BCUT2D eigenvalue weighted by Gasteiger charge is -2.44. The highest BCUT2D eigenvalue weighted by Crippen LogP contribution is 2.43. The summed E-state index contributed by atoms with van der Waals surface area (Å²) in [6, 6.07) is 0. The Labute approximate surface area is 275 Å². The third kappa shape index (κ3) is 10.1. The van der Waals surface area contributed by atoms with Crippen molar-refractivity contribution in [1.29, 1.82) is 0 Å². The molecular formula is C32H60O13Si. The second-order valence-electron chi connectivity index (χ2n) is 15.1. The lowest BCUT2D eigenvalue weighted by Crippen LogP contribution is -2.62. The average molecular weight is 681 g/mol. The monoisotopic (exact) mass is 680 g/mol. The van der Waals surface area contributed by atoms with E-state index >= 15 is 0 Å². The third-order valence-electron chi connectivity index (χ3n) is 9.25. The van der Waals surface area contributed by atoms with E-state index in [-0.39, 0.29) is 18.1 Å². The fourth-order valence-corrected chi connectivity index (χ4v) is 6.95. The summed E-state index contributed by atoms with van der Waals surface area (Å²) in [5.41, 5.74) is 0. The molecule has 0 aromatic heterocycles. The molecule has 0 radical (unpaired) electrons. The minimum Gasteiger partial charge on any atom is -0.454 e. The number of ether oxygens (including phenoxy) is 7. The van der Waals surface area contributed by atoms with Crippen molar-refractivity contribution in [3.63, 3.8) is 0 Å². The number of unbranched alkanes of at least 4 members (excludes halogenated alkanes) is 4. The normalized spacial score (nSPS) is 34.4. The standard InChI is InChI=1S/C32H60O13Si/c1-11-12-13-14-15-16-21(34)40-25-23(36)22(35)19(17-33)39-29(25)41-28(37)27-26(43-32(7,8)44-27)24(20-18-38-31(5,6)42-20)45-46(9,10)30(2,3)4/h19-20,22-29,33,35-37H,11-18H2,1-10H3/t19-,20-,22-,23+,24-,25+,26+,27-,28?,29+/m1/s1. The molecular weight excluding hydrogens is 620 g/mol. The molecule has 4 N–H and O–H groups in total. The number of aliphatic hydroxyl groups excluding tert-OH is 4. The van der Waals surface area contributed by atoms with Crippen LogP contribution in [-0.4, -0.2) is 121 Å². The molecule has 3 aliphatic heterocycles. The second-order valence-corrected chi connectivity index (χ2v) is 19.9. The van der Waals surface area contributed by atoms with E-state index in [9.17, 15) is 25.2 Å². The molecule has 3 fully saturated rings. The fourth-order valence-electron chi connectivity index (χ4n) is 5.63. The Balaban J connectivity index is 1.85. The quantitative estimate of drug-likeness (QED) is 0.0862. The summed E-state index contributed by atoms with van der Waals surface area (Å²) >= 11 is 0. The van der Waals surface area contributed by atoms with Gasteiger partial charge >= 0.3 is 5.97 Å². The number of carbonyl (C=O) groups excluding carboxylic acids is 1. The van der Waals surface area contributed by atoms with Gasteiger partial charge in [0.1, 0.15) is 42.7 Å². The van der Waals surface area contributed by atoms with Crippen LogP contribution in [0.2, 0.25) is 18.1 Å². The summed E-state index contributed by atoms with van der Waals surface area (Å²) < 4.78 is 48.8. The Kier molecular flexibility index (Phi) is 13.7. The third-order valence-corrected chi connectivity index (χ3v) is 13.7. The van der Waals surface area contributed by atoms with Crippen molar-refractivity contribution in [1.82, 2.24) is 0 Å². The van der Waals surface area contributed by atoms with Crippen LogP contribution in [0.4, 0.5) is 0 Å². The van der Waals surface area contributed by atoms with Crippen molar-refractivity contribution in [2.45, 2.75) is 185 Å². The van der Waals surface area contributed by atoms with Crippen LogP contribution in [0, 0.1) is 0 Å². The van der Waals surface area contributed by atoms with Gasteiger partial charge in [0.2, 0.25) is 6.29 Å². The number of carbonyl (C=O) groups is 1. The Morgan fingerprint density at radius 2 is 1.59 bits per heavy atom. The van der Waals surface area contributed by atoms with Crippen molar-refractivity contribution in [2.24, 2.45) is 0 Å². The molecule has 0 saturated carbocycles. The van der Waals surface area contributed by atoms with Gasteiger partial charge in [0.15, 0.2) is 32.3 Å². The minimum atomic E-state index is -2.45. The van der Waals surface area contributed by atoms with Crippen LogP contribution in [0.5, 0.6) is 0 Å². The topological polar surface area (TPSA) is 172 Å². The molecule has 0 aliphatic carbocycles. The SMILES string of the molecule is CCCCCCCC(=O)O[C@@H]1[C@H](OC(O)[C@@H]2OC(C)(C)O[C@H]2[C@H](O[Si](C)(C)C(C)(C)C)[C@H]2COC(C)(C)O2)O[C@H](CO)[C@@H](O)[C@@H]1O. The van der Waals surface area contributed by atoms with Crippen LogP contribution < -0.4 is 0 Å². The van der Waals surface area contributed by atoms with Crippen LogP contribution in [-0.2, 0) is 42.4 Å². The number of aliphatic hydroxyl groups is 4. The maximum Gasteiger partial charge on any atom is 0.306 e. The summed E-state index contributed by atoms with van der Waals surface area (Å²) in [5, 5.41) is 42.7. The van der Waals surface area contributed by atoms with Crippen molar-refractivity contribution in [2.75, 3.05) is 13.2 Å². The van der Waals surface area contributed by atoms with Gasteiger partial charge in [-0.3, -0.25) is 4.79 Å². The molecule has 10 atom stereocenters. The molecule has 0 spiro atoms. The number of hydrogen-bond acceptors (Lipinski definition) is 13. The first-order valence-corrected chi connectivity index (χ1v) is 19.6. The summed E-state index contributed by atoms with van der Waals surface area (Å²) in [5.74, 6) is -2.63. The van der Waals surface area contributed by atoms with Gasteiger partial charge in [0.25, 0.3) is 0 Å². The maximum atomic E-state index is 12.8. The van der Waals surface area contributed by atoms with E-state index in [0.717, 1.165) is 25.7 Å². The van der Waals surface area contributed by atoms with Crippen molar-refractivity contribution < 1.29 is 62.8 Å². The Morgan fingerprint density at radius 1 is 0.957 bits per heavy atom. The first-order chi connectivity index (χ1) is 21.2. The van der Waals surface area contributed by atoms with E-state index in [1.165, 1.54) is 0 Å². The Hall–Kier alpha value is -0.753. The lowest BCUT2D eigenvalue weighted by molar-refractivity contribution is -0.345. The molecule has 0 amide bonds. The molecule has 3 aliphatic rings. The van der Waals surface area contributed by atoms with Crippen LogP contribution in [0.1, 0.15) is 93.9 Å². The van der Waals surface area contributed by atoms with Crippen LogP contribution in [0.25, 0.3) is 0 Å². The minimum absolute atomic E-state index is 0.101. The van der Waals surface area contributed by atoms with Crippen molar-refractivity contribution in [3.05, 3.63) is 0 Å². The average Bonchev–Trinajstić information content (AvgIpc) is 3.48. The van der Waals surface area contributed by atoms with Gasteiger partial charge in [-0.1, -0.05) is 53.4 Å². The molecule has 14 heteroatoms. The largest absolute Gasteiger partial charge is 0.454 e. The molecule has 0 aromatic rings. The smallest absolute Gasteiger partial charge is 0.306 e. The van der Waals surface area contributed by atoms with E-state index in [1.54, 1.807) is 13.8 Å². The highest BCUT2D eigenvalue weighted by atomic mass is 28.4. The second kappa shape index (κ2) is 15.9. The predicted octanol–water partition coefficient (Wildman–Crippen LogP) is 3.09. The Morgan fingerprint density at radius 3 is 2.15 bits per heavy atom. The van der Waals surface area contributed by atoms with Gasteiger partial charge in [0, 0.05) is 6.42 Å². The molecule has 270 valence electrons. The van der Waals surface area contributed by atoms with Gasteiger partial charge in [-0.05, 0) is 52.2 Å². The zero-order chi connectivity index (χ0) is 34.7. The van der Waals surface area contributed by atoms with Gasteiger partial charge in [-0.2, -0.15) is 0 Å².